The Morgan fingerprint density at radius 2 is 2.07 bits per heavy atom. The number of halogens is 2. The average Bonchev–Trinajstić information content (AvgIpc) is 2.08. The minimum atomic E-state index is -2.43. The molecule has 1 unspecified atom stereocenters. The van der Waals surface area contributed by atoms with E-state index in [1.54, 1.807) is 0 Å². The van der Waals surface area contributed by atoms with Gasteiger partial charge in [0.05, 0.1) is 0 Å². The second-order valence-corrected chi connectivity index (χ2v) is 3.27. The Bertz CT molecular complexity index is 348. The molecule has 0 heterocycles. The van der Waals surface area contributed by atoms with E-state index in [2.05, 4.69) is 0 Å². The van der Waals surface area contributed by atoms with Crippen LogP contribution >= 0.6 is 0 Å². The molecule has 0 bridgehead atoms. The second-order valence-electron chi connectivity index (χ2n) is 3.27. The molecule has 14 heavy (non-hydrogen) atoms. The highest BCUT2D eigenvalue weighted by atomic mass is 19.1. The Balaban J connectivity index is 2.89. The highest BCUT2D eigenvalue weighted by molar-refractivity contribution is 5.77. The molecule has 0 amide bonds. The summed E-state index contributed by atoms with van der Waals surface area (Å²) in [7, 11) is 0. The van der Waals surface area contributed by atoms with Gasteiger partial charge in [0, 0.05) is 6.42 Å². The summed E-state index contributed by atoms with van der Waals surface area (Å²) in [5.41, 5.74) is -2.36. The number of hydrogen-bond donors (Lipinski definition) is 1. The summed E-state index contributed by atoms with van der Waals surface area (Å²) in [5, 5.41) is 8.50. The van der Waals surface area contributed by atoms with E-state index < -0.39 is 23.9 Å². The molecule has 0 saturated carbocycles. The SMILES string of the molecule is CC(F)(Cc1ccccc1F)C(=O)O. The lowest BCUT2D eigenvalue weighted by molar-refractivity contribution is -0.149. The molecule has 1 rings (SSSR count). The minimum Gasteiger partial charge on any atom is -0.479 e. The largest absolute Gasteiger partial charge is 0.479 e. The quantitative estimate of drug-likeness (QED) is 0.811. The van der Waals surface area contributed by atoms with E-state index in [9.17, 15) is 13.6 Å². The number of alkyl halides is 1. The van der Waals surface area contributed by atoms with Crippen molar-refractivity contribution in [3.63, 3.8) is 0 Å². The van der Waals surface area contributed by atoms with Gasteiger partial charge in [0.15, 0.2) is 0 Å². The number of carboxylic acid groups (broad SMARTS) is 1. The molecular weight excluding hydrogens is 190 g/mol. The van der Waals surface area contributed by atoms with Crippen molar-refractivity contribution in [1.29, 1.82) is 0 Å². The van der Waals surface area contributed by atoms with Crippen LogP contribution in [0.15, 0.2) is 24.3 Å². The maximum Gasteiger partial charge on any atom is 0.341 e. The van der Waals surface area contributed by atoms with Crippen molar-refractivity contribution in [3.8, 4) is 0 Å². The van der Waals surface area contributed by atoms with Crippen LogP contribution in [0.3, 0.4) is 0 Å². The summed E-state index contributed by atoms with van der Waals surface area (Å²) in [4.78, 5) is 10.4. The van der Waals surface area contributed by atoms with Crippen molar-refractivity contribution in [3.05, 3.63) is 35.6 Å². The second kappa shape index (κ2) is 3.74. The molecule has 0 radical (unpaired) electrons. The predicted octanol–water partition coefficient (Wildman–Crippen LogP) is 2.18. The number of aliphatic carboxylic acids is 1. The van der Waals surface area contributed by atoms with Crippen molar-refractivity contribution in [2.75, 3.05) is 0 Å². The molecule has 1 aromatic rings. The third-order valence-corrected chi connectivity index (χ3v) is 1.93. The van der Waals surface area contributed by atoms with Gasteiger partial charge in [-0.15, -0.1) is 0 Å². The van der Waals surface area contributed by atoms with Gasteiger partial charge in [-0.2, -0.15) is 0 Å². The first-order valence-corrected chi connectivity index (χ1v) is 4.09. The molecule has 0 saturated heterocycles. The Morgan fingerprint density at radius 1 is 1.50 bits per heavy atom. The minimum absolute atomic E-state index is 0.0694. The van der Waals surface area contributed by atoms with Crippen LogP contribution in [-0.2, 0) is 11.2 Å². The van der Waals surface area contributed by atoms with Crippen LogP contribution in [0, 0.1) is 5.82 Å². The van der Waals surface area contributed by atoms with Crippen molar-refractivity contribution in [2.45, 2.75) is 19.0 Å². The fourth-order valence-corrected chi connectivity index (χ4v) is 1.08. The smallest absolute Gasteiger partial charge is 0.341 e. The highest BCUT2D eigenvalue weighted by Gasteiger charge is 2.33. The summed E-state index contributed by atoms with van der Waals surface area (Å²) in [6, 6.07) is 5.55. The molecule has 0 aromatic heterocycles. The first-order valence-electron chi connectivity index (χ1n) is 4.09. The van der Waals surface area contributed by atoms with E-state index in [1.165, 1.54) is 24.3 Å². The van der Waals surface area contributed by atoms with Crippen LogP contribution < -0.4 is 0 Å². The highest BCUT2D eigenvalue weighted by Crippen LogP contribution is 2.19. The van der Waals surface area contributed by atoms with Crippen LogP contribution in [0.25, 0.3) is 0 Å². The van der Waals surface area contributed by atoms with Gasteiger partial charge in [-0.3, -0.25) is 0 Å². The van der Waals surface area contributed by atoms with Gasteiger partial charge >= 0.3 is 5.97 Å². The van der Waals surface area contributed by atoms with Gasteiger partial charge < -0.3 is 5.11 Å². The van der Waals surface area contributed by atoms with Crippen molar-refractivity contribution >= 4 is 5.97 Å². The number of hydrogen-bond acceptors (Lipinski definition) is 1. The Labute approximate surface area is 80.2 Å². The van der Waals surface area contributed by atoms with E-state index in [-0.39, 0.29) is 5.56 Å². The monoisotopic (exact) mass is 200 g/mol. The molecule has 0 fully saturated rings. The van der Waals surface area contributed by atoms with Crippen LogP contribution in [0.4, 0.5) is 8.78 Å². The summed E-state index contributed by atoms with van der Waals surface area (Å²) in [6.07, 6.45) is -0.463. The van der Waals surface area contributed by atoms with Gasteiger partial charge in [0.1, 0.15) is 5.82 Å². The molecule has 76 valence electrons. The summed E-state index contributed by atoms with van der Waals surface area (Å²) < 4.78 is 26.3. The van der Waals surface area contributed by atoms with Gasteiger partial charge in [-0.25, -0.2) is 13.6 Å². The number of carbonyl (C=O) groups is 1. The lowest BCUT2D eigenvalue weighted by atomic mass is 9.98. The first kappa shape index (κ1) is 10.6. The molecule has 1 N–H and O–H groups in total. The van der Waals surface area contributed by atoms with Crippen LogP contribution in [0.2, 0.25) is 0 Å². The van der Waals surface area contributed by atoms with Crippen molar-refractivity contribution in [1.82, 2.24) is 0 Å². The van der Waals surface area contributed by atoms with E-state index in [4.69, 9.17) is 5.11 Å². The Hall–Kier alpha value is -1.45. The predicted molar refractivity (Wildman–Crippen MR) is 47.3 cm³/mol. The maximum absolute atomic E-state index is 13.3. The Kier molecular flexibility index (Phi) is 2.84. The molecule has 2 nitrogen and oxygen atoms in total. The van der Waals surface area contributed by atoms with Gasteiger partial charge in [0.2, 0.25) is 5.67 Å². The lowest BCUT2D eigenvalue weighted by Gasteiger charge is -2.14. The topological polar surface area (TPSA) is 37.3 Å². The van der Waals surface area contributed by atoms with Crippen molar-refractivity contribution < 1.29 is 18.7 Å². The zero-order chi connectivity index (χ0) is 10.8. The molecule has 0 aliphatic carbocycles. The van der Waals surface area contributed by atoms with Gasteiger partial charge in [0.25, 0.3) is 0 Å². The Morgan fingerprint density at radius 3 is 2.57 bits per heavy atom. The van der Waals surface area contributed by atoms with E-state index in [0.29, 0.717) is 0 Å². The fraction of sp³-hybridized carbons (Fsp3) is 0.300. The summed E-state index contributed by atoms with van der Waals surface area (Å²) in [6.45, 7) is 0.918. The lowest BCUT2D eigenvalue weighted by Crippen LogP contribution is -2.32. The molecule has 0 aliphatic rings. The average molecular weight is 200 g/mol. The molecule has 0 aliphatic heterocycles. The van der Waals surface area contributed by atoms with Gasteiger partial charge in [-0.05, 0) is 18.6 Å². The summed E-state index contributed by atoms with van der Waals surface area (Å²) in [5.74, 6) is -2.17. The molecule has 1 aromatic carbocycles. The fourth-order valence-electron chi connectivity index (χ4n) is 1.08. The number of benzene rings is 1. The normalized spacial score (nSPS) is 14.8. The standard InChI is InChI=1S/C10H10F2O2/c1-10(12,9(13)14)6-7-4-2-3-5-8(7)11/h2-5H,6H2,1H3,(H,13,14). The van der Waals surface area contributed by atoms with Crippen LogP contribution in [0.1, 0.15) is 12.5 Å². The molecule has 4 heteroatoms. The molecule has 0 spiro atoms. The van der Waals surface area contributed by atoms with Crippen molar-refractivity contribution in [2.24, 2.45) is 0 Å². The van der Waals surface area contributed by atoms with Crippen LogP contribution in [0.5, 0.6) is 0 Å². The van der Waals surface area contributed by atoms with Crippen LogP contribution in [-0.4, -0.2) is 16.7 Å². The zero-order valence-corrected chi connectivity index (χ0v) is 7.63. The molecule has 1 atom stereocenters. The van der Waals surface area contributed by atoms with E-state index >= 15 is 0 Å². The molecular formula is C10H10F2O2. The number of carboxylic acids is 1. The zero-order valence-electron chi connectivity index (χ0n) is 7.63. The third kappa shape index (κ3) is 2.28. The maximum atomic E-state index is 13.3. The van der Waals surface area contributed by atoms with Gasteiger partial charge in [-0.1, -0.05) is 18.2 Å². The van der Waals surface area contributed by atoms with E-state index in [0.717, 1.165) is 6.92 Å². The van der Waals surface area contributed by atoms with E-state index in [1.807, 2.05) is 0 Å². The number of rotatable bonds is 3. The summed E-state index contributed by atoms with van der Waals surface area (Å²) >= 11 is 0. The third-order valence-electron chi connectivity index (χ3n) is 1.93. The first-order chi connectivity index (χ1) is 6.43.